The summed E-state index contributed by atoms with van der Waals surface area (Å²) in [5, 5.41) is 0. The van der Waals surface area contributed by atoms with E-state index in [1.165, 1.54) is 4.90 Å². The predicted octanol–water partition coefficient (Wildman–Crippen LogP) is 2.47. The topological polar surface area (TPSA) is 81.9 Å². The normalized spacial score (nSPS) is 19.2. The Balaban J connectivity index is 1.56. The Kier molecular flexibility index (Phi) is 5.86. The van der Waals surface area contributed by atoms with E-state index < -0.39 is 18.1 Å². The molecule has 1 saturated heterocycles. The number of likely N-dealkylation sites (tertiary alicyclic amines) is 1. The molecule has 3 rings (SSSR count). The highest BCUT2D eigenvalue weighted by Crippen LogP contribution is 2.20. The molecule has 2 atom stereocenters. The fraction of sp³-hybridized carbons (Fsp3) is 0.300. The van der Waals surface area contributed by atoms with Crippen LogP contribution in [0, 0.1) is 0 Å². The molecule has 1 amide bonds. The summed E-state index contributed by atoms with van der Waals surface area (Å²) >= 11 is 0. The van der Waals surface area contributed by atoms with Crippen LogP contribution < -0.4 is 5.73 Å². The summed E-state index contributed by atoms with van der Waals surface area (Å²) in [5.74, 6) is -0.460. The number of benzene rings is 2. The quantitative estimate of drug-likeness (QED) is 0.834. The van der Waals surface area contributed by atoms with Crippen LogP contribution in [0.2, 0.25) is 0 Å². The zero-order valence-electron chi connectivity index (χ0n) is 14.4. The third-order valence-corrected chi connectivity index (χ3v) is 4.27. The van der Waals surface area contributed by atoms with Crippen LogP contribution in [0.4, 0.5) is 4.79 Å². The van der Waals surface area contributed by atoms with E-state index in [2.05, 4.69) is 0 Å². The lowest BCUT2D eigenvalue weighted by molar-refractivity contribution is -0.149. The summed E-state index contributed by atoms with van der Waals surface area (Å²) in [6.07, 6.45) is -0.183. The maximum Gasteiger partial charge on any atom is 0.410 e. The molecule has 2 aromatic carbocycles. The van der Waals surface area contributed by atoms with Gasteiger partial charge < -0.3 is 15.2 Å². The molecule has 0 saturated carbocycles. The SMILES string of the molecule is N[C@@H]1C[C@@H](C(=O)OCc2ccccc2)N(C(=O)OCc2ccccc2)C1. The number of nitrogens with two attached hydrogens (primary N) is 1. The molecule has 1 heterocycles. The first-order valence-electron chi connectivity index (χ1n) is 8.57. The van der Waals surface area contributed by atoms with Crippen LogP contribution in [-0.4, -0.2) is 35.6 Å². The van der Waals surface area contributed by atoms with Gasteiger partial charge in [0, 0.05) is 12.6 Å². The van der Waals surface area contributed by atoms with Crippen molar-refractivity contribution in [1.29, 1.82) is 0 Å². The summed E-state index contributed by atoms with van der Waals surface area (Å²) in [4.78, 5) is 26.2. The lowest BCUT2D eigenvalue weighted by Gasteiger charge is -2.22. The molecular formula is C20H22N2O4. The number of rotatable bonds is 5. The Bertz CT molecular complexity index is 672. The third kappa shape index (κ3) is 4.61. The molecule has 6 nitrogen and oxygen atoms in total. The fourth-order valence-electron chi connectivity index (χ4n) is 2.92. The van der Waals surface area contributed by atoms with Gasteiger partial charge in [0.05, 0.1) is 0 Å². The minimum Gasteiger partial charge on any atom is -0.459 e. The van der Waals surface area contributed by atoms with Crippen molar-refractivity contribution in [3.8, 4) is 0 Å². The summed E-state index contributed by atoms with van der Waals surface area (Å²) in [6.45, 7) is 0.592. The minimum atomic E-state index is -0.711. The van der Waals surface area contributed by atoms with E-state index in [1.807, 2.05) is 60.7 Å². The van der Waals surface area contributed by atoms with Crippen molar-refractivity contribution < 1.29 is 19.1 Å². The van der Waals surface area contributed by atoms with Crippen LogP contribution in [0.3, 0.4) is 0 Å². The Morgan fingerprint density at radius 3 is 2.04 bits per heavy atom. The van der Waals surface area contributed by atoms with Gasteiger partial charge in [-0.25, -0.2) is 9.59 Å². The first kappa shape index (κ1) is 17.9. The second-order valence-electron chi connectivity index (χ2n) is 6.30. The van der Waals surface area contributed by atoms with Crippen molar-refractivity contribution >= 4 is 12.1 Å². The van der Waals surface area contributed by atoms with E-state index >= 15 is 0 Å². The van der Waals surface area contributed by atoms with Crippen LogP contribution in [-0.2, 0) is 27.5 Å². The molecule has 0 spiro atoms. The molecule has 0 unspecified atom stereocenters. The zero-order valence-corrected chi connectivity index (χ0v) is 14.4. The molecule has 1 aliphatic heterocycles. The molecular weight excluding hydrogens is 332 g/mol. The summed E-state index contributed by atoms with van der Waals surface area (Å²) in [5.41, 5.74) is 7.72. The zero-order chi connectivity index (χ0) is 18.4. The van der Waals surface area contributed by atoms with E-state index in [4.69, 9.17) is 15.2 Å². The monoisotopic (exact) mass is 354 g/mol. The molecule has 2 aromatic rings. The number of carbonyl (C=O) groups is 2. The van der Waals surface area contributed by atoms with Crippen LogP contribution in [0.5, 0.6) is 0 Å². The summed E-state index contributed by atoms with van der Waals surface area (Å²) in [7, 11) is 0. The standard InChI is InChI=1S/C20H22N2O4/c21-17-11-18(19(23)25-13-15-7-3-1-4-8-15)22(12-17)20(24)26-14-16-9-5-2-6-10-16/h1-10,17-18H,11-14,21H2/t17-,18+/m1/s1. The van der Waals surface area contributed by atoms with Gasteiger partial charge in [-0.15, -0.1) is 0 Å². The summed E-state index contributed by atoms with van der Waals surface area (Å²) in [6, 6.07) is 17.8. The maximum atomic E-state index is 12.4. The van der Waals surface area contributed by atoms with Gasteiger partial charge in [-0.2, -0.15) is 0 Å². The molecule has 6 heteroatoms. The molecule has 0 bridgehead atoms. The number of esters is 1. The molecule has 1 fully saturated rings. The first-order chi connectivity index (χ1) is 12.6. The van der Waals surface area contributed by atoms with E-state index in [1.54, 1.807) is 0 Å². The Labute approximate surface area is 152 Å². The van der Waals surface area contributed by atoms with Crippen LogP contribution in [0.1, 0.15) is 17.5 Å². The lowest BCUT2D eigenvalue weighted by Crippen LogP contribution is -2.41. The second kappa shape index (κ2) is 8.49. The van der Waals surface area contributed by atoms with E-state index in [-0.39, 0.29) is 25.8 Å². The van der Waals surface area contributed by atoms with Gasteiger partial charge >= 0.3 is 12.1 Å². The number of ether oxygens (including phenoxy) is 2. The molecule has 0 aromatic heterocycles. The number of carbonyl (C=O) groups excluding carboxylic acids is 2. The number of hydrogen-bond donors (Lipinski definition) is 1. The minimum absolute atomic E-state index is 0.150. The molecule has 26 heavy (non-hydrogen) atoms. The van der Waals surface area contributed by atoms with Gasteiger partial charge in [-0.05, 0) is 17.5 Å². The fourth-order valence-corrected chi connectivity index (χ4v) is 2.92. The molecule has 0 radical (unpaired) electrons. The highest BCUT2D eigenvalue weighted by atomic mass is 16.6. The van der Waals surface area contributed by atoms with Crippen LogP contribution in [0.15, 0.2) is 60.7 Å². The van der Waals surface area contributed by atoms with Crippen molar-refractivity contribution in [3.63, 3.8) is 0 Å². The third-order valence-electron chi connectivity index (χ3n) is 4.27. The van der Waals surface area contributed by atoms with Gasteiger partial charge in [0.2, 0.25) is 0 Å². The van der Waals surface area contributed by atoms with Crippen LogP contribution >= 0.6 is 0 Å². The van der Waals surface area contributed by atoms with Crippen molar-refractivity contribution in [2.24, 2.45) is 5.73 Å². The van der Waals surface area contributed by atoms with Crippen molar-refractivity contribution in [3.05, 3.63) is 71.8 Å². The smallest absolute Gasteiger partial charge is 0.410 e. The highest BCUT2D eigenvalue weighted by Gasteiger charge is 2.40. The molecule has 1 aliphatic rings. The average Bonchev–Trinajstić information content (AvgIpc) is 3.08. The predicted molar refractivity (Wildman–Crippen MR) is 96.0 cm³/mol. The van der Waals surface area contributed by atoms with Crippen molar-refractivity contribution in [1.82, 2.24) is 4.90 Å². The Morgan fingerprint density at radius 2 is 1.46 bits per heavy atom. The van der Waals surface area contributed by atoms with E-state index in [0.717, 1.165) is 11.1 Å². The van der Waals surface area contributed by atoms with Gasteiger partial charge in [-0.3, -0.25) is 4.90 Å². The van der Waals surface area contributed by atoms with Crippen LogP contribution in [0.25, 0.3) is 0 Å². The second-order valence-corrected chi connectivity index (χ2v) is 6.30. The van der Waals surface area contributed by atoms with Crippen molar-refractivity contribution in [2.75, 3.05) is 6.54 Å². The number of nitrogens with zero attached hydrogens (tertiary/aromatic N) is 1. The van der Waals surface area contributed by atoms with Crippen molar-refractivity contribution in [2.45, 2.75) is 31.7 Å². The largest absolute Gasteiger partial charge is 0.459 e. The van der Waals surface area contributed by atoms with Gasteiger partial charge in [-0.1, -0.05) is 60.7 Å². The number of hydrogen-bond acceptors (Lipinski definition) is 5. The number of amides is 1. The molecule has 136 valence electrons. The maximum absolute atomic E-state index is 12.4. The lowest BCUT2D eigenvalue weighted by atomic mass is 10.2. The van der Waals surface area contributed by atoms with E-state index in [0.29, 0.717) is 6.42 Å². The Morgan fingerprint density at radius 1 is 0.923 bits per heavy atom. The summed E-state index contributed by atoms with van der Waals surface area (Å²) < 4.78 is 10.7. The molecule has 2 N–H and O–H groups in total. The van der Waals surface area contributed by atoms with E-state index in [9.17, 15) is 9.59 Å². The van der Waals surface area contributed by atoms with Gasteiger partial charge in [0.1, 0.15) is 19.3 Å². The van der Waals surface area contributed by atoms with Gasteiger partial charge in [0.15, 0.2) is 0 Å². The molecule has 0 aliphatic carbocycles. The highest BCUT2D eigenvalue weighted by molar-refractivity contribution is 5.82. The average molecular weight is 354 g/mol. The first-order valence-corrected chi connectivity index (χ1v) is 8.57. The van der Waals surface area contributed by atoms with Gasteiger partial charge in [0.25, 0.3) is 0 Å². The Hall–Kier alpha value is -2.86.